The van der Waals surface area contributed by atoms with Gasteiger partial charge in [0.25, 0.3) is 5.91 Å². The van der Waals surface area contributed by atoms with E-state index >= 15 is 0 Å². The average Bonchev–Trinajstić information content (AvgIpc) is 2.49. The molecular weight excluding hydrogens is 294 g/mol. The molecule has 0 fully saturated rings. The maximum atomic E-state index is 12.4. The van der Waals surface area contributed by atoms with Crippen LogP contribution in [-0.2, 0) is 4.79 Å². The number of ketones is 1. The first kappa shape index (κ1) is 19.0. The maximum absolute atomic E-state index is 12.4. The van der Waals surface area contributed by atoms with Crippen LogP contribution in [0.5, 0.6) is 11.5 Å². The molecule has 1 amide bonds. The molecule has 0 bridgehead atoms. The van der Waals surface area contributed by atoms with Gasteiger partial charge >= 0.3 is 0 Å². The Kier molecular flexibility index (Phi) is 7.07. The van der Waals surface area contributed by atoms with Gasteiger partial charge in [0.05, 0.1) is 7.11 Å². The van der Waals surface area contributed by atoms with Gasteiger partial charge in [-0.25, -0.2) is 0 Å². The Morgan fingerprint density at radius 2 is 1.78 bits per heavy atom. The fraction of sp³-hybridized carbons (Fsp3) is 0.556. The summed E-state index contributed by atoms with van der Waals surface area (Å²) < 4.78 is 10.8. The van der Waals surface area contributed by atoms with Crippen molar-refractivity contribution in [1.82, 2.24) is 4.90 Å². The molecule has 0 N–H and O–H groups in total. The quantitative estimate of drug-likeness (QED) is 0.690. The lowest BCUT2D eigenvalue weighted by Crippen LogP contribution is -2.42. The maximum Gasteiger partial charge on any atom is 0.260 e. The minimum absolute atomic E-state index is 0.0474. The Balaban J connectivity index is 2.80. The summed E-state index contributed by atoms with van der Waals surface area (Å²) in [7, 11) is 1.51. The standard InChI is InChI=1S/C18H27NO4/c1-12(2)10-19(13(3)4)18(21)11-23-16-8-7-15(14(5)20)9-17(16)22-6/h7-9,12-13H,10-11H2,1-6H3. The third-order valence-electron chi connectivity index (χ3n) is 3.43. The number of hydrogen-bond donors (Lipinski definition) is 0. The molecule has 0 unspecified atom stereocenters. The molecule has 0 aliphatic rings. The second-order valence-electron chi connectivity index (χ2n) is 6.24. The van der Waals surface area contributed by atoms with Gasteiger partial charge in [-0.3, -0.25) is 9.59 Å². The summed E-state index contributed by atoms with van der Waals surface area (Å²) in [6, 6.07) is 5.07. The highest BCUT2D eigenvalue weighted by molar-refractivity contribution is 5.94. The number of nitrogens with zero attached hydrogens (tertiary/aromatic N) is 1. The lowest BCUT2D eigenvalue weighted by Gasteiger charge is -2.28. The van der Waals surface area contributed by atoms with Crippen molar-refractivity contribution in [3.05, 3.63) is 23.8 Å². The molecule has 5 heteroatoms. The van der Waals surface area contributed by atoms with Crippen molar-refractivity contribution in [3.63, 3.8) is 0 Å². The molecule has 128 valence electrons. The number of carbonyl (C=O) groups excluding carboxylic acids is 2. The van der Waals surface area contributed by atoms with Crippen LogP contribution >= 0.6 is 0 Å². The first-order valence-corrected chi connectivity index (χ1v) is 7.87. The lowest BCUT2D eigenvalue weighted by molar-refractivity contribution is -0.135. The van der Waals surface area contributed by atoms with Crippen molar-refractivity contribution >= 4 is 11.7 Å². The second-order valence-corrected chi connectivity index (χ2v) is 6.24. The topological polar surface area (TPSA) is 55.8 Å². The number of amides is 1. The summed E-state index contributed by atoms with van der Waals surface area (Å²) in [5.74, 6) is 1.19. The molecule has 0 spiro atoms. The number of Topliss-reactive ketones (excluding diaryl/α,β-unsaturated/α-hetero) is 1. The third-order valence-corrected chi connectivity index (χ3v) is 3.43. The normalized spacial score (nSPS) is 10.8. The molecule has 0 aromatic heterocycles. The van der Waals surface area contributed by atoms with Gasteiger partial charge in [0, 0.05) is 18.2 Å². The first-order valence-electron chi connectivity index (χ1n) is 7.87. The van der Waals surface area contributed by atoms with Gasteiger partial charge in [-0.1, -0.05) is 13.8 Å². The van der Waals surface area contributed by atoms with E-state index in [4.69, 9.17) is 9.47 Å². The molecule has 0 heterocycles. The highest BCUT2D eigenvalue weighted by Gasteiger charge is 2.19. The molecule has 23 heavy (non-hydrogen) atoms. The van der Waals surface area contributed by atoms with Crippen LogP contribution in [0.2, 0.25) is 0 Å². The molecule has 0 atom stereocenters. The summed E-state index contributed by atoms with van der Waals surface area (Å²) in [4.78, 5) is 25.6. The Hall–Kier alpha value is -2.04. The van der Waals surface area contributed by atoms with Gasteiger partial charge in [0.1, 0.15) is 0 Å². The number of benzene rings is 1. The Bertz CT molecular complexity index is 552. The fourth-order valence-electron chi connectivity index (χ4n) is 2.22. The minimum atomic E-state index is -0.0635. The monoisotopic (exact) mass is 321 g/mol. The Morgan fingerprint density at radius 3 is 2.26 bits per heavy atom. The van der Waals surface area contributed by atoms with E-state index in [1.165, 1.54) is 14.0 Å². The van der Waals surface area contributed by atoms with E-state index in [-0.39, 0.29) is 24.3 Å². The Morgan fingerprint density at radius 1 is 1.13 bits per heavy atom. The summed E-state index contributed by atoms with van der Waals surface area (Å²) in [5.41, 5.74) is 0.546. The predicted octanol–water partition coefficient (Wildman–Crippen LogP) is 3.17. The zero-order valence-corrected chi connectivity index (χ0v) is 14.9. The zero-order chi connectivity index (χ0) is 17.6. The molecule has 1 rings (SSSR count). The van der Waals surface area contributed by atoms with Crippen LogP contribution in [0, 0.1) is 5.92 Å². The molecule has 0 radical (unpaired) electrons. The van der Waals surface area contributed by atoms with E-state index in [0.29, 0.717) is 29.5 Å². The number of ether oxygens (including phenoxy) is 2. The predicted molar refractivity (Wildman–Crippen MR) is 90.2 cm³/mol. The van der Waals surface area contributed by atoms with Crippen molar-refractivity contribution in [2.75, 3.05) is 20.3 Å². The number of carbonyl (C=O) groups is 2. The smallest absolute Gasteiger partial charge is 0.260 e. The zero-order valence-electron chi connectivity index (χ0n) is 14.9. The molecule has 1 aromatic carbocycles. The van der Waals surface area contributed by atoms with Crippen LogP contribution in [0.15, 0.2) is 18.2 Å². The highest BCUT2D eigenvalue weighted by atomic mass is 16.5. The second kappa shape index (κ2) is 8.56. The highest BCUT2D eigenvalue weighted by Crippen LogP contribution is 2.28. The molecule has 0 saturated carbocycles. The van der Waals surface area contributed by atoms with E-state index in [9.17, 15) is 9.59 Å². The minimum Gasteiger partial charge on any atom is -0.493 e. The van der Waals surface area contributed by atoms with Crippen molar-refractivity contribution < 1.29 is 19.1 Å². The van der Waals surface area contributed by atoms with Crippen LogP contribution in [0.3, 0.4) is 0 Å². The molecule has 0 aliphatic heterocycles. The summed E-state index contributed by atoms with van der Waals surface area (Å²) in [5, 5.41) is 0. The third kappa shape index (κ3) is 5.58. The number of rotatable bonds is 8. The number of hydrogen-bond acceptors (Lipinski definition) is 4. The van der Waals surface area contributed by atoms with Gasteiger partial charge in [0.15, 0.2) is 23.9 Å². The van der Waals surface area contributed by atoms with Gasteiger partial charge in [-0.15, -0.1) is 0 Å². The Labute approximate surface area is 138 Å². The van der Waals surface area contributed by atoms with Crippen molar-refractivity contribution in [3.8, 4) is 11.5 Å². The fourth-order valence-corrected chi connectivity index (χ4v) is 2.22. The van der Waals surface area contributed by atoms with Crippen molar-refractivity contribution in [1.29, 1.82) is 0 Å². The van der Waals surface area contributed by atoms with Crippen LogP contribution in [0.1, 0.15) is 45.0 Å². The van der Waals surface area contributed by atoms with Gasteiger partial charge < -0.3 is 14.4 Å². The van der Waals surface area contributed by atoms with Crippen molar-refractivity contribution in [2.45, 2.75) is 40.7 Å². The van der Waals surface area contributed by atoms with Crippen LogP contribution in [0.25, 0.3) is 0 Å². The van der Waals surface area contributed by atoms with Crippen LogP contribution in [0.4, 0.5) is 0 Å². The van der Waals surface area contributed by atoms with E-state index in [2.05, 4.69) is 13.8 Å². The summed E-state index contributed by atoms with van der Waals surface area (Å²) in [6.45, 7) is 10.3. The lowest BCUT2D eigenvalue weighted by atomic mass is 10.1. The van der Waals surface area contributed by atoms with E-state index < -0.39 is 0 Å². The molecular formula is C18H27NO4. The van der Waals surface area contributed by atoms with Crippen LogP contribution < -0.4 is 9.47 Å². The molecule has 0 saturated heterocycles. The van der Waals surface area contributed by atoms with Crippen molar-refractivity contribution in [2.24, 2.45) is 5.92 Å². The molecule has 0 aliphatic carbocycles. The largest absolute Gasteiger partial charge is 0.493 e. The summed E-state index contributed by atoms with van der Waals surface area (Å²) in [6.07, 6.45) is 0. The molecule has 5 nitrogen and oxygen atoms in total. The average molecular weight is 321 g/mol. The SMILES string of the molecule is COc1cc(C(C)=O)ccc1OCC(=O)N(CC(C)C)C(C)C. The van der Waals surface area contributed by atoms with E-state index in [1.54, 1.807) is 23.1 Å². The van der Waals surface area contributed by atoms with E-state index in [0.717, 1.165) is 0 Å². The van der Waals surface area contributed by atoms with Crippen LogP contribution in [-0.4, -0.2) is 42.9 Å². The van der Waals surface area contributed by atoms with E-state index in [1.807, 2.05) is 13.8 Å². The van der Waals surface area contributed by atoms with Gasteiger partial charge in [0.2, 0.25) is 0 Å². The van der Waals surface area contributed by atoms with Gasteiger partial charge in [-0.05, 0) is 44.9 Å². The molecule has 1 aromatic rings. The van der Waals surface area contributed by atoms with Gasteiger partial charge in [-0.2, -0.15) is 0 Å². The number of methoxy groups -OCH3 is 1. The summed E-state index contributed by atoms with van der Waals surface area (Å²) >= 11 is 0. The first-order chi connectivity index (χ1) is 10.8.